The number of benzene rings is 1. The zero-order chi connectivity index (χ0) is 21.1. The highest BCUT2D eigenvalue weighted by Crippen LogP contribution is 2.33. The van der Waals surface area contributed by atoms with Gasteiger partial charge in [-0.15, -0.1) is 0 Å². The lowest BCUT2D eigenvalue weighted by molar-refractivity contribution is -0.119. The molecule has 2 amide bonds. The Bertz CT molecular complexity index is 882. The SMILES string of the molecule is CN1C[C@@H](C(=O)Nc2ccc(F)cc2)C[C@@H]1C1CCN(C(=O)c2ccccn2)CC1. The van der Waals surface area contributed by atoms with Gasteiger partial charge in [-0.05, 0) is 68.6 Å². The summed E-state index contributed by atoms with van der Waals surface area (Å²) in [4.78, 5) is 33.6. The first-order chi connectivity index (χ1) is 14.5. The number of piperidine rings is 1. The number of hydrogen-bond donors (Lipinski definition) is 1. The molecule has 0 saturated carbocycles. The smallest absolute Gasteiger partial charge is 0.272 e. The maximum absolute atomic E-state index is 13.1. The molecule has 0 aliphatic carbocycles. The summed E-state index contributed by atoms with van der Waals surface area (Å²) >= 11 is 0. The van der Waals surface area contributed by atoms with Crippen molar-refractivity contribution in [3.05, 3.63) is 60.2 Å². The van der Waals surface area contributed by atoms with Gasteiger partial charge in [-0.2, -0.15) is 0 Å². The number of nitrogens with zero attached hydrogens (tertiary/aromatic N) is 3. The lowest BCUT2D eigenvalue weighted by Crippen LogP contribution is -2.43. The second-order valence-electron chi connectivity index (χ2n) is 8.28. The molecule has 0 radical (unpaired) electrons. The fraction of sp³-hybridized carbons (Fsp3) is 0.435. The molecule has 7 heteroatoms. The van der Waals surface area contributed by atoms with Gasteiger partial charge in [-0.25, -0.2) is 4.39 Å². The molecule has 158 valence electrons. The van der Waals surface area contributed by atoms with Gasteiger partial charge in [0.1, 0.15) is 11.5 Å². The third-order valence-electron chi connectivity index (χ3n) is 6.34. The first-order valence-electron chi connectivity index (χ1n) is 10.5. The van der Waals surface area contributed by atoms with Crippen LogP contribution in [0.5, 0.6) is 0 Å². The minimum atomic E-state index is -0.318. The van der Waals surface area contributed by atoms with Crippen molar-refractivity contribution in [1.82, 2.24) is 14.8 Å². The van der Waals surface area contributed by atoms with Crippen molar-refractivity contribution in [2.45, 2.75) is 25.3 Å². The summed E-state index contributed by atoms with van der Waals surface area (Å²) in [5, 5.41) is 2.90. The van der Waals surface area contributed by atoms with Crippen LogP contribution in [-0.4, -0.2) is 59.3 Å². The van der Waals surface area contributed by atoms with Crippen molar-refractivity contribution < 1.29 is 14.0 Å². The number of rotatable bonds is 4. The molecule has 0 unspecified atom stereocenters. The molecule has 2 atom stereocenters. The first kappa shape index (κ1) is 20.5. The van der Waals surface area contributed by atoms with Crippen LogP contribution in [0, 0.1) is 17.7 Å². The van der Waals surface area contributed by atoms with Gasteiger partial charge in [-0.1, -0.05) is 6.07 Å². The molecular formula is C23H27FN4O2. The largest absolute Gasteiger partial charge is 0.337 e. The van der Waals surface area contributed by atoms with E-state index in [1.165, 1.54) is 12.1 Å². The maximum atomic E-state index is 13.1. The molecule has 3 heterocycles. The van der Waals surface area contributed by atoms with Crippen LogP contribution < -0.4 is 5.32 Å². The predicted octanol–water partition coefficient (Wildman–Crippen LogP) is 3.03. The van der Waals surface area contributed by atoms with Crippen molar-refractivity contribution in [1.29, 1.82) is 0 Å². The maximum Gasteiger partial charge on any atom is 0.272 e. The molecule has 0 bridgehead atoms. The highest BCUT2D eigenvalue weighted by molar-refractivity contribution is 5.93. The van der Waals surface area contributed by atoms with Crippen LogP contribution >= 0.6 is 0 Å². The summed E-state index contributed by atoms with van der Waals surface area (Å²) in [6, 6.07) is 11.6. The molecule has 1 aromatic carbocycles. The number of aromatic nitrogens is 1. The van der Waals surface area contributed by atoms with Crippen LogP contribution in [0.1, 0.15) is 29.8 Å². The van der Waals surface area contributed by atoms with E-state index in [0.29, 0.717) is 29.9 Å². The standard InChI is InChI=1S/C23H27FN4O2/c1-27-15-17(22(29)26-19-7-5-18(24)6-8-19)14-21(27)16-9-12-28(13-10-16)23(30)20-4-2-3-11-25-20/h2-8,11,16-17,21H,9-10,12-15H2,1H3,(H,26,29)/t17-,21+/m0/s1. The Balaban J connectivity index is 1.30. The average molecular weight is 410 g/mol. The molecule has 1 aromatic heterocycles. The third-order valence-corrected chi connectivity index (χ3v) is 6.34. The number of pyridine rings is 1. The lowest BCUT2D eigenvalue weighted by atomic mass is 9.86. The number of nitrogens with one attached hydrogen (secondary N) is 1. The number of carbonyl (C=O) groups is 2. The zero-order valence-electron chi connectivity index (χ0n) is 17.1. The number of halogens is 1. The Kier molecular flexibility index (Phi) is 6.08. The molecule has 30 heavy (non-hydrogen) atoms. The van der Waals surface area contributed by atoms with E-state index in [2.05, 4.69) is 22.2 Å². The molecule has 2 saturated heterocycles. The van der Waals surface area contributed by atoms with Gasteiger partial charge in [0.15, 0.2) is 0 Å². The average Bonchev–Trinajstić information content (AvgIpc) is 3.17. The number of amides is 2. The predicted molar refractivity (Wildman–Crippen MR) is 112 cm³/mol. The van der Waals surface area contributed by atoms with Gasteiger partial charge in [0, 0.05) is 37.6 Å². The number of likely N-dealkylation sites (tertiary alicyclic amines) is 2. The molecule has 6 nitrogen and oxygen atoms in total. The minimum Gasteiger partial charge on any atom is -0.337 e. The van der Waals surface area contributed by atoms with E-state index >= 15 is 0 Å². The summed E-state index contributed by atoms with van der Waals surface area (Å²) < 4.78 is 13.1. The lowest BCUT2D eigenvalue weighted by Gasteiger charge is -2.37. The summed E-state index contributed by atoms with van der Waals surface area (Å²) in [5.41, 5.74) is 1.11. The van der Waals surface area contributed by atoms with Gasteiger partial charge in [0.2, 0.25) is 5.91 Å². The first-order valence-corrected chi connectivity index (χ1v) is 10.5. The fourth-order valence-electron chi connectivity index (χ4n) is 4.69. The van der Waals surface area contributed by atoms with Gasteiger partial charge in [0.25, 0.3) is 5.91 Å². The molecule has 1 N–H and O–H groups in total. The topological polar surface area (TPSA) is 65.5 Å². The van der Waals surface area contributed by atoms with E-state index in [1.807, 2.05) is 17.0 Å². The van der Waals surface area contributed by atoms with Crippen molar-refractivity contribution in [3.63, 3.8) is 0 Å². The molecular weight excluding hydrogens is 383 g/mol. The number of carbonyl (C=O) groups excluding carboxylic acids is 2. The number of anilines is 1. The van der Waals surface area contributed by atoms with E-state index in [4.69, 9.17) is 0 Å². The molecule has 2 fully saturated rings. The van der Waals surface area contributed by atoms with Gasteiger partial charge in [0.05, 0.1) is 5.92 Å². The van der Waals surface area contributed by atoms with Gasteiger partial charge >= 0.3 is 0 Å². The van der Waals surface area contributed by atoms with Gasteiger partial charge in [-0.3, -0.25) is 14.6 Å². The molecule has 2 aliphatic rings. The highest BCUT2D eigenvalue weighted by atomic mass is 19.1. The Morgan fingerprint density at radius 1 is 1.10 bits per heavy atom. The van der Waals surface area contributed by atoms with E-state index < -0.39 is 0 Å². The van der Waals surface area contributed by atoms with Crippen molar-refractivity contribution >= 4 is 17.5 Å². The summed E-state index contributed by atoms with van der Waals surface area (Å²) in [7, 11) is 2.07. The van der Waals surface area contributed by atoms with Crippen LogP contribution in [0.4, 0.5) is 10.1 Å². The van der Waals surface area contributed by atoms with Crippen LogP contribution in [0.3, 0.4) is 0 Å². The van der Waals surface area contributed by atoms with Crippen LogP contribution in [0.2, 0.25) is 0 Å². The highest BCUT2D eigenvalue weighted by Gasteiger charge is 2.39. The second-order valence-corrected chi connectivity index (χ2v) is 8.28. The molecule has 2 aromatic rings. The van der Waals surface area contributed by atoms with Gasteiger partial charge < -0.3 is 15.1 Å². The van der Waals surface area contributed by atoms with Crippen LogP contribution in [-0.2, 0) is 4.79 Å². The Hall–Kier alpha value is -2.80. The van der Waals surface area contributed by atoms with Crippen molar-refractivity contribution in [2.75, 3.05) is 32.0 Å². The Morgan fingerprint density at radius 2 is 1.83 bits per heavy atom. The third kappa shape index (κ3) is 4.51. The molecule has 4 rings (SSSR count). The molecule has 0 spiro atoms. The zero-order valence-corrected chi connectivity index (χ0v) is 17.1. The fourth-order valence-corrected chi connectivity index (χ4v) is 4.69. The molecule has 2 aliphatic heterocycles. The van der Waals surface area contributed by atoms with Crippen molar-refractivity contribution in [3.8, 4) is 0 Å². The van der Waals surface area contributed by atoms with Crippen molar-refractivity contribution in [2.24, 2.45) is 11.8 Å². The van der Waals surface area contributed by atoms with E-state index in [9.17, 15) is 14.0 Å². The Labute approximate surface area is 176 Å². The van der Waals surface area contributed by atoms with Crippen LogP contribution in [0.25, 0.3) is 0 Å². The van der Waals surface area contributed by atoms with E-state index in [-0.39, 0.29) is 23.5 Å². The van der Waals surface area contributed by atoms with Crippen LogP contribution in [0.15, 0.2) is 48.7 Å². The number of hydrogen-bond acceptors (Lipinski definition) is 4. The van der Waals surface area contributed by atoms with E-state index in [1.54, 1.807) is 24.4 Å². The minimum absolute atomic E-state index is 0.00891. The Morgan fingerprint density at radius 3 is 2.50 bits per heavy atom. The normalized spacial score (nSPS) is 22.8. The summed E-state index contributed by atoms with van der Waals surface area (Å²) in [6.07, 6.45) is 4.31. The quantitative estimate of drug-likeness (QED) is 0.842. The second kappa shape index (κ2) is 8.92. The van der Waals surface area contributed by atoms with E-state index in [0.717, 1.165) is 32.4 Å². The summed E-state index contributed by atoms with van der Waals surface area (Å²) in [5.74, 6) is 0.0373. The monoisotopic (exact) mass is 410 g/mol. The summed E-state index contributed by atoms with van der Waals surface area (Å²) in [6.45, 7) is 2.15.